The van der Waals surface area contributed by atoms with Gasteiger partial charge in [-0.25, -0.2) is 4.98 Å². The zero-order chi connectivity index (χ0) is 11.2. The molecule has 2 heterocycles. The molecule has 2 nitrogen and oxygen atoms in total. The van der Waals surface area contributed by atoms with Gasteiger partial charge < -0.3 is 4.57 Å². The monoisotopic (exact) mass is 226 g/mol. The molecule has 0 bridgehead atoms. The van der Waals surface area contributed by atoms with E-state index in [2.05, 4.69) is 37.2 Å². The SMILES string of the molecule is CC1CCc2c(Cl)nc(C(C)(C)C)n2C1. The van der Waals surface area contributed by atoms with Crippen molar-refractivity contribution in [2.45, 2.75) is 52.5 Å². The van der Waals surface area contributed by atoms with Gasteiger partial charge in [-0.1, -0.05) is 39.3 Å². The zero-order valence-electron chi connectivity index (χ0n) is 9.97. The van der Waals surface area contributed by atoms with E-state index in [0.717, 1.165) is 24.7 Å². The molecule has 0 N–H and O–H groups in total. The number of imidazole rings is 1. The molecule has 1 aliphatic heterocycles. The minimum absolute atomic E-state index is 0.0823. The van der Waals surface area contributed by atoms with E-state index in [9.17, 15) is 0 Å². The summed E-state index contributed by atoms with van der Waals surface area (Å²) >= 11 is 6.18. The number of hydrogen-bond acceptors (Lipinski definition) is 1. The summed E-state index contributed by atoms with van der Waals surface area (Å²) in [5.41, 5.74) is 1.32. The molecule has 0 radical (unpaired) electrons. The summed E-state index contributed by atoms with van der Waals surface area (Å²) in [6.07, 6.45) is 2.30. The summed E-state index contributed by atoms with van der Waals surface area (Å²) in [4.78, 5) is 4.53. The van der Waals surface area contributed by atoms with Gasteiger partial charge >= 0.3 is 0 Å². The van der Waals surface area contributed by atoms with Gasteiger partial charge in [0.1, 0.15) is 5.82 Å². The molecule has 1 aliphatic rings. The van der Waals surface area contributed by atoms with Gasteiger partial charge in [0.15, 0.2) is 5.15 Å². The van der Waals surface area contributed by atoms with Crippen molar-refractivity contribution in [2.75, 3.05) is 0 Å². The number of fused-ring (bicyclic) bond motifs is 1. The lowest BCUT2D eigenvalue weighted by molar-refractivity contribution is 0.370. The Bertz CT molecular complexity index is 374. The molecule has 1 unspecified atom stereocenters. The van der Waals surface area contributed by atoms with Gasteiger partial charge in [-0.2, -0.15) is 0 Å². The van der Waals surface area contributed by atoms with Gasteiger partial charge in [-0.05, 0) is 18.8 Å². The molecule has 1 atom stereocenters. The molecule has 0 spiro atoms. The first-order chi connectivity index (χ1) is 6.89. The Morgan fingerprint density at radius 3 is 2.67 bits per heavy atom. The van der Waals surface area contributed by atoms with Crippen molar-refractivity contribution in [2.24, 2.45) is 5.92 Å². The molecule has 0 saturated heterocycles. The Labute approximate surface area is 96.7 Å². The maximum absolute atomic E-state index is 6.18. The van der Waals surface area contributed by atoms with Crippen LogP contribution in [0.3, 0.4) is 0 Å². The standard InChI is InChI=1S/C12H19ClN2/c1-8-5-6-9-10(13)14-11(12(2,3)4)15(9)7-8/h8H,5-7H2,1-4H3. The largest absolute Gasteiger partial charge is 0.330 e. The van der Waals surface area contributed by atoms with Crippen molar-refractivity contribution in [3.63, 3.8) is 0 Å². The molecule has 0 aliphatic carbocycles. The molecular formula is C12H19ClN2. The minimum Gasteiger partial charge on any atom is -0.330 e. The summed E-state index contributed by atoms with van der Waals surface area (Å²) in [5.74, 6) is 1.87. The van der Waals surface area contributed by atoms with Crippen molar-refractivity contribution in [3.8, 4) is 0 Å². The second kappa shape index (κ2) is 3.51. The molecular weight excluding hydrogens is 208 g/mol. The predicted molar refractivity (Wildman–Crippen MR) is 63.4 cm³/mol. The number of halogens is 1. The first-order valence-electron chi connectivity index (χ1n) is 5.65. The Hall–Kier alpha value is -0.500. The third kappa shape index (κ3) is 1.92. The van der Waals surface area contributed by atoms with Crippen molar-refractivity contribution in [1.29, 1.82) is 0 Å². The topological polar surface area (TPSA) is 17.8 Å². The van der Waals surface area contributed by atoms with Crippen LogP contribution in [0.15, 0.2) is 0 Å². The molecule has 0 fully saturated rings. The molecule has 84 valence electrons. The summed E-state index contributed by atoms with van der Waals surface area (Å²) in [7, 11) is 0. The highest BCUT2D eigenvalue weighted by molar-refractivity contribution is 6.30. The van der Waals surface area contributed by atoms with Gasteiger partial charge in [0.25, 0.3) is 0 Å². The Morgan fingerprint density at radius 1 is 1.40 bits per heavy atom. The normalized spacial score (nSPS) is 21.5. The van der Waals surface area contributed by atoms with Crippen LogP contribution in [-0.2, 0) is 18.4 Å². The van der Waals surface area contributed by atoms with Crippen LogP contribution in [-0.4, -0.2) is 9.55 Å². The highest BCUT2D eigenvalue weighted by Crippen LogP contribution is 2.32. The average molecular weight is 227 g/mol. The minimum atomic E-state index is 0.0823. The molecule has 0 aromatic carbocycles. The molecule has 1 aromatic heterocycles. The average Bonchev–Trinajstić information content (AvgIpc) is 2.42. The molecule has 0 amide bonds. The number of hydrogen-bond donors (Lipinski definition) is 0. The number of nitrogens with zero attached hydrogens (tertiary/aromatic N) is 2. The first kappa shape index (κ1) is 11.0. The first-order valence-corrected chi connectivity index (χ1v) is 6.03. The fraction of sp³-hybridized carbons (Fsp3) is 0.750. The Morgan fingerprint density at radius 2 is 2.07 bits per heavy atom. The van der Waals surface area contributed by atoms with Gasteiger partial charge in [-0.15, -0.1) is 0 Å². The maximum atomic E-state index is 6.18. The smallest absolute Gasteiger partial charge is 0.150 e. The van der Waals surface area contributed by atoms with Gasteiger partial charge in [-0.3, -0.25) is 0 Å². The van der Waals surface area contributed by atoms with Crippen molar-refractivity contribution < 1.29 is 0 Å². The second-order valence-corrected chi connectivity index (χ2v) is 6.04. The van der Waals surface area contributed by atoms with Crippen LogP contribution >= 0.6 is 11.6 Å². The summed E-state index contributed by atoms with van der Waals surface area (Å²) in [5, 5.41) is 0.715. The lowest BCUT2D eigenvalue weighted by Crippen LogP contribution is -2.25. The quantitative estimate of drug-likeness (QED) is 0.663. The second-order valence-electron chi connectivity index (χ2n) is 5.68. The van der Waals surface area contributed by atoms with Crippen LogP contribution in [0.2, 0.25) is 5.15 Å². The Kier molecular flexibility index (Phi) is 2.58. The third-order valence-corrected chi connectivity index (χ3v) is 3.37. The maximum Gasteiger partial charge on any atom is 0.150 e. The molecule has 1 aromatic rings. The van der Waals surface area contributed by atoms with E-state index in [0.29, 0.717) is 5.15 Å². The van der Waals surface area contributed by atoms with E-state index < -0.39 is 0 Å². The highest BCUT2D eigenvalue weighted by Gasteiger charge is 2.28. The van der Waals surface area contributed by atoms with Gasteiger partial charge in [0.2, 0.25) is 0 Å². The third-order valence-electron chi connectivity index (χ3n) is 3.06. The lowest BCUT2D eigenvalue weighted by Gasteiger charge is -2.26. The Balaban J connectivity index is 2.50. The fourth-order valence-electron chi connectivity index (χ4n) is 2.25. The summed E-state index contributed by atoms with van der Waals surface area (Å²) in [6.45, 7) is 9.94. The van der Waals surface area contributed by atoms with E-state index in [4.69, 9.17) is 11.6 Å². The van der Waals surface area contributed by atoms with Crippen molar-refractivity contribution in [1.82, 2.24) is 9.55 Å². The van der Waals surface area contributed by atoms with Gasteiger partial charge in [0, 0.05) is 12.0 Å². The highest BCUT2D eigenvalue weighted by atomic mass is 35.5. The van der Waals surface area contributed by atoms with Crippen LogP contribution in [0.25, 0.3) is 0 Å². The van der Waals surface area contributed by atoms with Crippen LogP contribution in [0, 0.1) is 5.92 Å². The lowest BCUT2D eigenvalue weighted by atomic mass is 9.94. The van der Waals surface area contributed by atoms with Crippen molar-refractivity contribution in [3.05, 3.63) is 16.7 Å². The fourth-order valence-corrected chi connectivity index (χ4v) is 2.53. The van der Waals surface area contributed by atoms with E-state index in [-0.39, 0.29) is 5.41 Å². The van der Waals surface area contributed by atoms with Crippen LogP contribution in [0.4, 0.5) is 0 Å². The van der Waals surface area contributed by atoms with Gasteiger partial charge in [0.05, 0.1) is 5.69 Å². The molecule has 2 rings (SSSR count). The molecule has 3 heteroatoms. The summed E-state index contributed by atoms with van der Waals surface area (Å²) in [6, 6.07) is 0. The van der Waals surface area contributed by atoms with E-state index in [1.807, 2.05) is 0 Å². The molecule has 0 saturated carbocycles. The van der Waals surface area contributed by atoms with Crippen LogP contribution in [0.5, 0.6) is 0 Å². The predicted octanol–water partition coefficient (Wildman–Crippen LogP) is 3.42. The van der Waals surface area contributed by atoms with Crippen molar-refractivity contribution >= 4 is 11.6 Å². The van der Waals surface area contributed by atoms with E-state index in [1.165, 1.54) is 12.1 Å². The van der Waals surface area contributed by atoms with E-state index in [1.54, 1.807) is 0 Å². The van der Waals surface area contributed by atoms with E-state index >= 15 is 0 Å². The number of aromatic nitrogens is 2. The summed E-state index contributed by atoms with van der Waals surface area (Å²) < 4.78 is 2.33. The molecule has 15 heavy (non-hydrogen) atoms. The zero-order valence-corrected chi connectivity index (χ0v) is 10.7. The van der Waals surface area contributed by atoms with Crippen LogP contribution in [0.1, 0.15) is 45.6 Å². The van der Waals surface area contributed by atoms with Crippen LogP contribution < -0.4 is 0 Å². The number of rotatable bonds is 0.